The highest BCUT2D eigenvalue weighted by Gasteiger charge is 2.50. The molecule has 4 bridgehead atoms. The van der Waals surface area contributed by atoms with Crippen LogP contribution in [0.3, 0.4) is 0 Å². The Morgan fingerprint density at radius 3 is 2.33 bits per heavy atom. The first-order chi connectivity index (χ1) is 19.5. The molecule has 8 rings (SSSR count). The SMILES string of the molecule is O=C(NCC12CC3CC(CC(C3)C1)C2)c1ccc(N2CCN(Cc3ccccc3-c3cncc(O)c3)CC2)nn1. The molecule has 208 valence electrons. The first kappa shape index (κ1) is 25.4. The van der Waals surface area contributed by atoms with E-state index in [-0.39, 0.29) is 11.7 Å². The van der Waals surface area contributed by atoms with E-state index in [0.717, 1.165) is 74.0 Å². The van der Waals surface area contributed by atoms with Crippen molar-refractivity contribution in [2.45, 2.75) is 45.1 Å². The second kappa shape index (κ2) is 10.5. The maximum Gasteiger partial charge on any atom is 0.271 e. The first-order valence-corrected chi connectivity index (χ1v) is 14.8. The van der Waals surface area contributed by atoms with Crippen LogP contribution in [0.1, 0.15) is 54.6 Å². The Hall–Kier alpha value is -3.52. The van der Waals surface area contributed by atoms with Crippen molar-refractivity contribution in [1.29, 1.82) is 0 Å². The van der Waals surface area contributed by atoms with Gasteiger partial charge in [-0.15, -0.1) is 10.2 Å². The summed E-state index contributed by atoms with van der Waals surface area (Å²) in [5.74, 6) is 3.55. The molecule has 1 saturated heterocycles. The topological polar surface area (TPSA) is 94.5 Å². The predicted molar refractivity (Wildman–Crippen MR) is 154 cm³/mol. The third-order valence-electron chi connectivity index (χ3n) is 9.81. The number of rotatable bonds is 7. The molecular weight excluding hydrogens is 500 g/mol. The Morgan fingerprint density at radius 1 is 0.925 bits per heavy atom. The van der Waals surface area contributed by atoms with Crippen LogP contribution in [-0.2, 0) is 6.54 Å². The summed E-state index contributed by atoms with van der Waals surface area (Å²) >= 11 is 0. The van der Waals surface area contributed by atoms with E-state index in [9.17, 15) is 9.90 Å². The van der Waals surface area contributed by atoms with Crippen molar-refractivity contribution in [2.75, 3.05) is 37.6 Å². The van der Waals surface area contributed by atoms with E-state index in [2.05, 4.69) is 48.5 Å². The van der Waals surface area contributed by atoms with E-state index < -0.39 is 0 Å². The third-order valence-corrected chi connectivity index (χ3v) is 9.81. The van der Waals surface area contributed by atoms with Gasteiger partial charge >= 0.3 is 0 Å². The highest BCUT2D eigenvalue weighted by molar-refractivity contribution is 5.92. The maximum absolute atomic E-state index is 12.9. The van der Waals surface area contributed by atoms with Crippen LogP contribution in [0.5, 0.6) is 5.75 Å². The number of carbonyl (C=O) groups excluding carboxylic acids is 1. The van der Waals surface area contributed by atoms with Crippen LogP contribution in [-0.4, -0.2) is 63.8 Å². The Bertz CT molecular complexity index is 1330. The molecule has 0 radical (unpaired) electrons. The molecule has 3 heterocycles. The van der Waals surface area contributed by atoms with Gasteiger partial charge in [0.15, 0.2) is 11.5 Å². The normalized spacial score (nSPS) is 27.6. The number of aromatic hydroxyl groups is 1. The second-order valence-electron chi connectivity index (χ2n) is 12.7. The van der Waals surface area contributed by atoms with Gasteiger partial charge < -0.3 is 15.3 Å². The molecule has 1 aliphatic heterocycles. The third kappa shape index (κ3) is 5.17. The largest absolute Gasteiger partial charge is 0.506 e. The lowest BCUT2D eigenvalue weighted by molar-refractivity contribution is -0.0503. The molecule has 1 amide bonds. The smallest absolute Gasteiger partial charge is 0.271 e. The van der Waals surface area contributed by atoms with Crippen LogP contribution in [0.25, 0.3) is 11.1 Å². The lowest BCUT2D eigenvalue weighted by Crippen LogP contribution is -2.51. The molecule has 0 spiro atoms. The first-order valence-electron chi connectivity index (χ1n) is 14.8. The number of aromatic nitrogens is 3. The molecule has 8 nitrogen and oxygen atoms in total. The Kier molecular flexibility index (Phi) is 6.66. The average Bonchev–Trinajstić information content (AvgIpc) is 2.96. The number of carbonyl (C=O) groups is 1. The van der Waals surface area contributed by atoms with Gasteiger partial charge in [0.1, 0.15) is 5.75 Å². The summed E-state index contributed by atoms with van der Waals surface area (Å²) in [6.45, 7) is 5.12. The lowest BCUT2D eigenvalue weighted by Gasteiger charge is -2.56. The van der Waals surface area contributed by atoms with E-state index in [4.69, 9.17) is 0 Å². The number of hydrogen-bond donors (Lipinski definition) is 2. The molecule has 1 aromatic carbocycles. The zero-order valence-corrected chi connectivity index (χ0v) is 23.0. The van der Waals surface area contributed by atoms with E-state index >= 15 is 0 Å². The Labute approximate surface area is 235 Å². The van der Waals surface area contributed by atoms with Crippen molar-refractivity contribution in [1.82, 2.24) is 25.4 Å². The predicted octanol–water partition coefficient (Wildman–Crippen LogP) is 4.51. The summed E-state index contributed by atoms with van der Waals surface area (Å²) in [5, 5.41) is 21.9. The monoisotopic (exact) mass is 538 g/mol. The van der Waals surface area contributed by atoms with Crippen LogP contribution >= 0.6 is 0 Å². The van der Waals surface area contributed by atoms with E-state index in [0.29, 0.717) is 11.1 Å². The van der Waals surface area contributed by atoms with E-state index in [1.165, 1.54) is 50.3 Å². The van der Waals surface area contributed by atoms with Gasteiger partial charge in [-0.1, -0.05) is 24.3 Å². The molecule has 0 atom stereocenters. The quantitative estimate of drug-likeness (QED) is 0.457. The molecule has 3 aromatic rings. The zero-order valence-electron chi connectivity index (χ0n) is 23.0. The van der Waals surface area contributed by atoms with Crippen LogP contribution in [0.2, 0.25) is 0 Å². The molecule has 2 aromatic heterocycles. The Morgan fingerprint density at radius 2 is 1.65 bits per heavy atom. The fourth-order valence-electron chi connectivity index (χ4n) is 8.37. The van der Waals surface area contributed by atoms with Crippen molar-refractivity contribution in [3.8, 4) is 16.9 Å². The van der Waals surface area contributed by atoms with Gasteiger partial charge in [0.2, 0.25) is 0 Å². The van der Waals surface area contributed by atoms with Crippen LogP contribution in [0.15, 0.2) is 54.9 Å². The summed E-state index contributed by atoms with van der Waals surface area (Å²) in [5.41, 5.74) is 3.96. The van der Waals surface area contributed by atoms with Gasteiger partial charge in [-0.05, 0) is 91.0 Å². The number of amides is 1. The molecule has 40 heavy (non-hydrogen) atoms. The van der Waals surface area contributed by atoms with Crippen molar-refractivity contribution in [3.05, 3.63) is 66.1 Å². The molecule has 2 N–H and O–H groups in total. The van der Waals surface area contributed by atoms with Crippen molar-refractivity contribution in [2.24, 2.45) is 23.2 Å². The summed E-state index contributed by atoms with van der Waals surface area (Å²) in [6, 6.07) is 13.8. The summed E-state index contributed by atoms with van der Waals surface area (Å²) in [6.07, 6.45) is 11.4. The molecule has 4 aliphatic carbocycles. The number of benzene rings is 1. The van der Waals surface area contributed by atoms with Crippen molar-refractivity contribution in [3.63, 3.8) is 0 Å². The number of hydrogen-bond acceptors (Lipinski definition) is 7. The van der Waals surface area contributed by atoms with Gasteiger partial charge in [-0.25, -0.2) is 0 Å². The number of piperazine rings is 1. The second-order valence-corrected chi connectivity index (χ2v) is 12.7. The fraction of sp³-hybridized carbons (Fsp3) is 0.500. The highest BCUT2D eigenvalue weighted by atomic mass is 16.3. The van der Waals surface area contributed by atoms with Gasteiger partial charge in [-0.3, -0.25) is 14.7 Å². The fourth-order valence-corrected chi connectivity index (χ4v) is 8.37. The Balaban J connectivity index is 0.929. The van der Waals surface area contributed by atoms with Crippen LogP contribution < -0.4 is 10.2 Å². The van der Waals surface area contributed by atoms with Crippen LogP contribution in [0, 0.1) is 23.2 Å². The minimum atomic E-state index is -0.0970. The highest BCUT2D eigenvalue weighted by Crippen LogP contribution is 2.59. The van der Waals surface area contributed by atoms with Crippen molar-refractivity contribution >= 4 is 11.7 Å². The number of anilines is 1. The van der Waals surface area contributed by atoms with Crippen LogP contribution in [0.4, 0.5) is 5.82 Å². The van der Waals surface area contributed by atoms with Gasteiger partial charge in [0.25, 0.3) is 5.91 Å². The number of nitrogens with one attached hydrogen (secondary N) is 1. The van der Waals surface area contributed by atoms with Gasteiger partial charge in [-0.2, -0.15) is 0 Å². The van der Waals surface area contributed by atoms with E-state index in [1.807, 2.05) is 18.2 Å². The molecule has 5 fully saturated rings. The minimum absolute atomic E-state index is 0.0970. The lowest BCUT2D eigenvalue weighted by atomic mass is 9.49. The summed E-state index contributed by atoms with van der Waals surface area (Å²) in [7, 11) is 0. The van der Waals surface area contributed by atoms with Crippen molar-refractivity contribution < 1.29 is 9.90 Å². The molecule has 4 saturated carbocycles. The zero-order chi connectivity index (χ0) is 27.1. The maximum atomic E-state index is 12.9. The average molecular weight is 539 g/mol. The van der Waals surface area contributed by atoms with E-state index in [1.54, 1.807) is 12.3 Å². The minimum Gasteiger partial charge on any atom is -0.506 e. The number of nitrogens with zero attached hydrogens (tertiary/aromatic N) is 5. The van der Waals surface area contributed by atoms with Gasteiger partial charge in [0, 0.05) is 51.0 Å². The molecule has 5 aliphatic rings. The number of pyridine rings is 1. The molecule has 8 heteroatoms. The molecular formula is C32H38N6O2. The standard InChI is InChI=1S/C32H38N6O2/c39-27-14-26(18-33-19-27)28-4-2-1-3-25(28)20-37-7-9-38(10-8-37)30-6-5-29(35-36-30)31(40)34-21-32-15-22-11-23(16-32)13-24(12-22)17-32/h1-6,14,18-19,22-24,39H,7-13,15-17,20-21H2,(H,34,40). The van der Waals surface area contributed by atoms with Gasteiger partial charge in [0.05, 0.1) is 6.20 Å². The summed E-state index contributed by atoms with van der Waals surface area (Å²) < 4.78 is 0. The molecule has 0 unspecified atom stereocenters. The summed E-state index contributed by atoms with van der Waals surface area (Å²) in [4.78, 5) is 21.8.